The molecule has 1 fully saturated rings. The second-order valence-corrected chi connectivity index (χ2v) is 4.46. The van der Waals surface area contributed by atoms with Gasteiger partial charge in [-0.1, -0.05) is 20.3 Å². The highest BCUT2D eigenvalue weighted by Crippen LogP contribution is 2.59. The first-order chi connectivity index (χ1) is 7.00. The van der Waals surface area contributed by atoms with Crippen molar-refractivity contribution in [1.29, 1.82) is 0 Å². The molecule has 4 heteroatoms. The van der Waals surface area contributed by atoms with Crippen LogP contribution in [-0.4, -0.2) is 23.4 Å². The van der Waals surface area contributed by atoms with Gasteiger partial charge in [0.1, 0.15) is 0 Å². The first-order valence-electron chi connectivity index (χ1n) is 5.46. The van der Waals surface area contributed by atoms with Crippen molar-refractivity contribution >= 4 is 11.8 Å². The molecule has 15 heavy (non-hydrogen) atoms. The Kier molecular flexibility index (Phi) is 3.50. The number of aliphatic carboxylic acids is 1. The van der Waals surface area contributed by atoms with Crippen LogP contribution in [-0.2, 0) is 9.59 Å². The number of ketones is 1. The summed E-state index contributed by atoms with van der Waals surface area (Å²) in [5.41, 5.74) is 4.52. The molecule has 3 unspecified atom stereocenters. The Morgan fingerprint density at radius 2 is 2.13 bits per heavy atom. The third-order valence-electron chi connectivity index (χ3n) is 3.55. The van der Waals surface area contributed by atoms with Gasteiger partial charge in [0.05, 0.1) is 12.0 Å². The average Bonchev–Trinajstić information content (AvgIpc) is 2.86. The topological polar surface area (TPSA) is 80.4 Å². The molecule has 0 heterocycles. The predicted molar refractivity (Wildman–Crippen MR) is 56.3 cm³/mol. The predicted octanol–water partition coefficient (Wildman–Crippen LogP) is 1.04. The zero-order valence-electron chi connectivity index (χ0n) is 9.32. The molecule has 0 aromatic carbocycles. The molecular formula is C11H19NO3. The first-order valence-corrected chi connectivity index (χ1v) is 5.46. The molecule has 1 rings (SSSR count). The minimum absolute atomic E-state index is 0.0492. The molecular weight excluding hydrogens is 194 g/mol. The van der Waals surface area contributed by atoms with Gasteiger partial charge in [-0.05, 0) is 18.8 Å². The van der Waals surface area contributed by atoms with Crippen LogP contribution in [0.15, 0.2) is 0 Å². The van der Waals surface area contributed by atoms with Gasteiger partial charge in [0.15, 0.2) is 5.78 Å². The van der Waals surface area contributed by atoms with E-state index >= 15 is 0 Å². The molecule has 4 nitrogen and oxygen atoms in total. The molecule has 0 aromatic heterocycles. The van der Waals surface area contributed by atoms with Crippen LogP contribution in [0.4, 0.5) is 0 Å². The fourth-order valence-corrected chi connectivity index (χ4v) is 2.52. The summed E-state index contributed by atoms with van der Waals surface area (Å²) in [4.78, 5) is 22.9. The zero-order chi connectivity index (χ0) is 11.6. The van der Waals surface area contributed by atoms with Crippen molar-refractivity contribution in [2.75, 3.05) is 6.54 Å². The van der Waals surface area contributed by atoms with E-state index in [1.165, 1.54) is 0 Å². The number of carboxylic acids is 1. The standard InChI is InChI=1S/C11H19NO3/c1-3-4-8(9(13)6-12)11(10(14)15)5-7(11)2/h7-8H,3-6,12H2,1-2H3,(H,14,15). The van der Waals surface area contributed by atoms with E-state index in [9.17, 15) is 14.7 Å². The van der Waals surface area contributed by atoms with E-state index in [0.29, 0.717) is 12.8 Å². The monoisotopic (exact) mass is 213 g/mol. The van der Waals surface area contributed by atoms with Crippen LogP contribution in [0.1, 0.15) is 33.1 Å². The number of nitrogens with two attached hydrogens (primary N) is 1. The molecule has 1 aliphatic rings. The molecule has 0 radical (unpaired) electrons. The normalized spacial score (nSPS) is 31.0. The van der Waals surface area contributed by atoms with Crippen molar-refractivity contribution in [3.05, 3.63) is 0 Å². The van der Waals surface area contributed by atoms with Crippen LogP contribution in [0.5, 0.6) is 0 Å². The molecule has 0 spiro atoms. The maximum atomic E-state index is 11.7. The van der Waals surface area contributed by atoms with Crippen LogP contribution < -0.4 is 5.73 Å². The fraction of sp³-hybridized carbons (Fsp3) is 0.818. The number of hydrogen-bond donors (Lipinski definition) is 2. The maximum Gasteiger partial charge on any atom is 0.310 e. The van der Waals surface area contributed by atoms with Crippen LogP contribution in [0.25, 0.3) is 0 Å². The largest absolute Gasteiger partial charge is 0.481 e. The summed E-state index contributed by atoms with van der Waals surface area (Å²) >= 11 is 0. The number of rotatable bonds is 6. The number of carbonyl (C=O) groups excluding carboxylic acids is 1. The van der Waals surface area contributed by atoms with Gasteiger partial charge in [-0.25, -0.2) is 0 Å². The molecule has 86 valence electrons. The SMILES string of the molecule is CCCC(C(=O)CN)C1(C(=O)O)CC1C. The number of carbonyl (C=O) groups is 2. The smallest absolute Gasteiger partial charge is 0.310 e. The minimum Gasteiger partial charge on any atom is -0.481 e. The summed E-state index contributed by atoms with van der Waals surface area (Å²) in [7, 11) is 0. The van der Waals surface area contributed by atoms with E-state index in [2.05, 4.69) is 0 Å². The highest BCUT2D eigenvalue weighted by molar-refractivity contribution is 5.91. The highest BCUT2D eigenvalue weighted by Gasteiger charge is 2.63. The van der Waals surface area contributed by atoms with Crippen LogP contribution in [0, 0.1) is 17.3 Å². The molecule has 0 aromatic rings. The summed E-state index contributed by atoms with van der Waals surface area (Å²) in [6, 6.07) is 0. The number of hydrogen-bond acceptors (Lipinski definition) is 3. The Bertz CT molecular complexity index is 277. The van der Waals surface area contributed by atoms with Gasteiger partial charge in [0, 0.05) is 5.92 Å². The van der Waals surface area contributed by atoms with Crippen LogP contribution in [0.3, 0.4) is 0 Å². The van der Waals surface area contributed by atoms with Gasteiger partial charge in [0.2, 0.25) is 0 Å². The van der Waals surface area contributed by atoms with E-state index in [4.69, 9.17) is 5.73 Å². The molecule has 3 N–H and O–H groups in total. The third kappa shape index (κ3) is 1.91. The summed E-state index contributed by atoms with van der Waals surface area (Å²) in [5.74, 6) is -1.24. The zero-order valence-corrected chi connectivity index (χ0v) is 9.32. The quantitative estimate of drug-likeness (QED) is 0.690. The van der Waals surface area contributed by atoms with Gasteiger partial charge in [0.25, 0.3) is 0 Å². The fourth-order valence-electron chi connectivity index (χ4n) is 2.52. The second kappa shape index (κ2) is 4.31. The lowest BCUT2D eigenvalue weighted by atomic mass is 9.80. The van der Waals surface area contributed by atoms with E-state index in [1.54, 1.807) is 0 Å². The van der Waals surface area contributed by atoms with Crippen molar-refractivity contribution in [2.24, 2.45) is 23.0 Å². The molecule has 3 atom stereocenters. The van der Waals surface area contributed by atoms with E-state index in [-0.39, 0.29) is 24.2 Å². The van der Waals surface area contributed by atoms with Gasteiger partial charge in [-0.15, -0.1) is 0 Å². The van der Waals surface area contributed by atoms with Gasteiger partial charge < -0.3 is 10.8 Å². The van der Waals surface area contributed by atoms with E-state index in [1.807, 2.05) is 13.8 Å². The van der Waals surface area contributed by atoms with Crippen molar-refractivity contribution < 1.29 is 14.7 Å². The first kappa shape index (κ1) is 12.2. The molecule has 0 bridgehead atoms. The maximum absolute atomic E-state index is 11.7. The Morgan fingerprint density at radius 1 is 1.60 bits per heavy atom. The second-order valence-electron chi connectivity index (χ2n) is 4.46. The summed E-state index contributed by atoms with van der Waals surface area (Å²) in [5, 5.41) is 9.22. The Balaban J connectivity index is 2.88. The summed E-state index contributed by atoms with van der Waals surface area (Å²) in [6.45, 7) is 3.80. The lowest BCUT2D eigenvalue weighted by molar-refractivity contribution is -0.149. The van der Waals surface area contributed by atoms with E-state index in [0.717, 1.165) is 6.42 Å². The molecule has 0 aliphatic heterocycles. The number of Topliss-reactive ketones (excluding diaryl/α,β-unsaturated/α-hetero) is 1. The Hall–Kier alpha value is -0.900. The molecule has 1 saturated carbocycles. The van der Waals surface area contributed by atoms with Crippen molar-refractivity contribution in [3.63, 3.8) is 0 Å². The summed E-state index contributed by atoms with van der Waals surface area (Å²) in [6.07, 6.45) is 2.06. The highest BCUT2D eigenvalue weighted by atomic mass is 16.4. The third-order valence-corrected chi connectivity index (χ3v) is 3.55. The lowest BCUT2D eigenvalue weighted by Crippen LogP contribution is -2.36. The summed E-state index contributed by atoms with van der Waals surface area (Å²) < 4.78 is 0. The van der Waals surface area contributed by atoms with Gasteiger partial charge >= 0.3 is 5.97 Å². The lowest BCUT2D eigenvalue weighted by Gasteiger charge is -2.22. The molecule has 0 saturated heterocycles. The van der Waals surface area contributed by atoms with Crippen molar-refractivity contribution in [3.8, 4) is 0 Å². The van der Waals surface area contributed by atoms with Crippen LogP contribution in [0.2, 0.25) is 0 Å². The minimum atomic E-state index is -0.838. The average molecular weight is 213 g/mol. The Morgan fingerprint density at radius 3 is 2.40 bits per heavy atom. The van der Waals surface area contributed by atoms with Gasteiger partial charge in [-0.3, -0.25) is 9.59 Å². The Labute approximate surface area is 89.8 Å². The van der Waals surface area contributed by atoms with Crippen molar-refractivity contribution in [2.45, 2.75) is 33.1 Å². The number of carboxylic acid groups (broad SMARTS) is 1. The molecule has 0 amide bonds. The van der Waals surface area contributed by atoms with E-state index < -0.39 is 11.4 Å². The van der Waals surface area contributed by atoms with Crippen LogP contribution >= 0.6 is 0 Å². The molecule has 1 aliphatic carbocycles. The van der Waals surface area contributed by atoms with Crippen molar-refractivity contribution in [1.82, 2.24) is 0 Å². The van der Waals surface area contributed by atoms with Gasteiger partial charge in [-0.2, -0.15) is 0 Å².